The lowest BCUT2D eigenvalue weighted by atomic mass is 9.87. The average Bonchev–Trinajstić information content (AvgIpc) is 2.20. The number of nitrogens with zero attached hydrogens (tertiary/aromatic N) is 1. The molecule has 0 aromatic heterocycles. The highest BCUT2D eigenvalue weighted by Crippen LogP contribution is 2.21. The summed E-state index contributed by atoms with van der Waals surface area (Å²) in [6.07, 6.45) is 2.41. The Hall–Kier alpha value is -1.10. The summed E-state index contributed by atoms with van der Waals surface area (Å²) in [4.78, 5) is 24.9. The molecule has 0 aliphatic carbocycles. The van der Waals surface area contributed by atoms with E-state index in [9.17, 15) is 9.59 Å². The number of piperidine rings is 1. The Kier molecular flexibility index (Phi) is 5.35. The third-order valence-electron chi connectivity index (χ3n) is 3.31. The van der Waals surface area contributed by atoms with Crippen LogP contribution in [0.25, 0.3) is 0 Å². The van der Waals surface area contributed by atoms with E-state index < -0.39 is 0 Å². The Morgan fingerprint density at radius 1 is 1.53 bits per heavy atom. The van der Waals surface area contributed by atoms with E-state index in [0.717, 1.165) is 12.8 Å². The smallest absolute Gasteiger partial charge is 0.222 e. The predicted molar refractivity (Wildman–Crippen MR) is 75.5 cm³/mol. The molecule has 2 amide bonds. The Labute approximate surface area is 115 Å². The number of carbonyl (C=O) groups excluding carboxylic acids is 2. The molecular weight excluding hydrogens is 242 g/mol. The summed E-state index contributed by atoms with van der Waals surface area (Å²) in [6, 6.07) is -0.0417. The van der Waals surface area contributed by atoms with Crippen molar-refractivity contribution in [3.05, 3.63) is 0 Å². The van der Waals surface area contributed by atoms with Crippen LogP contribution in [0, 0.1) is 5.41 Å². The van der Waals surface area contributed by atoms with Gasteiger partial charge in [-0.1, -0.05) is 20.8 Å². The normalized spacial score (nSPS) is 22.3. The molecule has 0 bridgehead atoms. The van der Waals surface area contributed by atoms with E-state index >= 15 is 0 Å². The first kappa shape index (κ1) is 16.0. The molecule has 1 fully saturated rings. The Bertz CT molecular complexity index is 336. The summed E-state index contributed by atoms with van der Waals surface area (Å²) in [5, 5.41) is 2.97. The van der Waals surface area contributed by atoms with Crippen LogP contribution in [0.3, 0.4) is 0 Å². The molecule has 1 saturated heterocycles. The number of rotatable bonds is 4. The van der Waals surface area contributed by atoms with Crippen LogP contribution in [0.5, 0.6) is 0 Å². The molecular formula is C14H27N3O2. The maximum absolute atomic E-state index is 11.9. The highest BCUT2D eigenvalue weighted by molar-refractivity contribution is 5.79. The van der Waals surface area contributed by atoms with Gasteiger partial charge in [-0.3, -0.25) is 9.59 Å². The predicted octanol–water partition coefficient (Wildman–Crippen LogP) is 0.877. The van der Waals surface area contributed by atoms with E-state index in [1.165, 1.54) is 0 Å². The molecule has 0 aromatic carbocycles. The Morgan fingerprint density at radius 2 is 2.16 bits per heavy atom. The van der Waals surface area contributed by atoms with Crippen molar-refractivity contribution in [1.82, 2.24) is 10.2 Å². The Balaban J connectivity index is 2.33. The minimum Gasteiger partial charge on any atom is -0.352 e. The molecule has 110 valence electrons. The van der Waals surface area contributed by atoms with Crippen molar-refractivity contribution < 1.29 is 9.59 Å². The van der Waals surface area contributed by atoms with E-state index in [1.807, 2.05) is 0 Å². The summed E-state index contributed by atoms with van der Waals surface area (Å²) < 4.78 is 0. The lowest BCUT2D eigenvalue weighted by Crippen LogP contribution is -2.49. The third kappa shape index (κ3) is 6.05. The van der Waals surface area contributed by atoms with Crippen molar-refractivity contribution in [1.29, 1.82) is 0 Å². The van der Waals surface area contributed by atoms with E-state index in [-0.39, 0.29) is 29.3 Å². The van der Waals surface area contributed by atoms with Crippen molar-refractivity contribution in [3.8, 4) is 0 Å². The zero-order chi connectivity index (χ0) is 14.6. The number of hydrogen-bond acceptors (Lipinski definition) is 3. The molecule has 5 heteroatoms. The third-order valence-corrected chi connectivity index (χ3v) is 3.31. The zero-order valence-electron chi connectivity index (χ0n) is 12.5. The minimum absolute atomic E-state index is 0.00972. The molecule has 1 heterocycles. The van der Waals surface area contributed by atoms with Crippen molar-refractivity contribution >= 4 is 11.8 Å². The molecule has 1 aliphatic heterocycles. The van der Waals surface area contributed by atoms with Crippen LogP contribution in [0.1, 0.15) is 46.5 Å². The average molecular weight is 269 g/mol. The fraction of sp³-hybridized carbons (Fsp3) is 0.857. The standard InChI is InChI=1S/C14H27N3O2/c1-14(2,3)8-10(15)7-12(18)16-11-5-6-13(19)17(4)9-11/h10-11H,5-9,15H2,1-4H3,(H,16,18). The molecule has 0 saturated carbocycles. The second-order valence-electron chi connectivity index (χ2n) is 6.81. The van der Waals surface area contributed by atoms with Gasteiger partial charge >= 0.3 is 0 Å². The Morgan fingerprint density at radius 3 is 2.68 bits per heavy atom. The van der Waals surface area contributed by atoms with E-state index in [1.54, 1.807) is 11.9 Å². The van der Waals surface area contributed by atoms with Gasteiger partial charge in [-0.25, -0.2) is 0 Å². The monoisotopic (exact) mass is 269 g/mol. The largest absolute Gasteiger partial charge is 0.352 e. The maximum atomic E-state index is 11.9. The van der Waals surface area contributed by atoms with Crippen LogP contribution in [0.2, 0.25) is 0 Å². The quantitative estimate of drug-likeness (QED) is 0.795. The number of carbonyl (C=O) groups is 2. The van der Waals surface area contributed by atoms with Crippen LogP contribution >= 0.6 is 0 Å². The molecule has 1 aliphatic rings. The van der Waals surface area contributed by atoms with Crippen LogP contribution in [0.15, 0.2) is 0 Å². The fourth-order valence-electron chi connectivity index (χ4n) is 2.51. The van der Waals surface area contributed by atoms with Gasteiger partial charge in [0.1, 0.15) is 0 Å². The second-order valence-corrected chi connectivity index (χ2v) is 6.81. The van der Waals surface area contributed by atoms with E-state index in [2.05, 4.69) is 26.1 Å². The van der Waals surface area contributed by atoms with Gasteiger partial charge in [-0.2, -0.15) is 0 Å². The second kappa shape index (κ2) is 6.37. The molecule has 0 radical (unpaired) electrons. The first-order valence-electron chi connectivity index (χ1n) is 6.96. The number of hydrogen-bond donors (Lipinski definition) is 2. The molecule has 2 atom stereocenters. The lowest BCUT2D eigenvalue weighted by molar-refractivity contribution is -0.134. The molecule has 19 heavy (non-hydrogen) atoms. The number of likely N-dealkylation sites (tertiary alicyclic amines) is 1. The molecule has 2 unspecified atom stereocenters. The summed E-state index contributed by atoms with van der Waals surface area (Å²) in [6.45, 7) is 6.95. The van der Waals surface area contributed by atoms with Crippen LogP contribution in [-0.2, 0) is 9.59 Å². The van der Waals surface area contributed by atoms with Crippen LogP contribution < -0.4 is 11.1 Å². The molecule has 0 aromatic rings. The van der Waals surface area contributed by atoms with Crippen molar-refractivity contribution in [2.45, 2.75) is 58.5 Å². The molecule has 3 N–H and O–H groups in total. The van der Waals surface area contributed by atoms with E-state index in [4.69, 9.17) is 5.73 Å². The molecule has 0 spiro atoms. The number of likely N-dealkylation sites (N-methyl/N-ethyl adjacent to an activating group) is 1. The van der Waals surface area contributed by atoms with Gasteiger partial charge in [0.25, 0.3) is 0 Å². The number of nitrogens with one attached hydrogen (secondary N) is 1. The van der Waals surface area contributed by atoms with Gasteiger partial charge in [-0.05, 0) is 18.3 Å². The van der Waals surface area contributed by atoms with Gasteiger partial charge in [0.15, 0.2) is 0 Å². The van der Waals surface area contributed by atoms with Gasteiger partial charge in [0.05, 0.1) is 0 Å². The highest BCUT2D eigenvalue weighted by atomic mass is 16.2. The van der Waals surface area contributed by atoms with Crippen molar-refractivity contribution in [2.75, 3.05) is 13.6 Å². The first-order chi connectivity index (χ1) is 8.67. The van der Waals surface area contributed by atoms with E-state index in [0.29, 0.717) is 19.4 Å². The molecule has 5 nitrogen and oxygen atoms in total. The fourth-order valence-corrected chi connectivity index (χ4v) is 2.51. The molecule has 1 rings (SSSR count). The SMILES string of the molecule is CN1CC(NC(=O)CC(N)CC(C)(C)C)CCC1=O. The maximum Gasteiger partial charge on any atom is 0.222 e. The highest BCUT2D eigenvalue weighted by Gasteiger charge is 2.25. The summed E-state index contributed by atoms with van der Waals surface area (Å²) in [5.41, 5.74) is 6.13. The van der Waals surface area contributed by atoms with Gasteiger partial charge in [0, 0.05) is 38.5 Å². The van der Waals surface area contributed by atoms with Crippen molar-refractivity contribution in [3.63, 3.8) is 0 Å². The first-order valence-corrected chi connectivity index (χ1v) is 6.96. The summed E-state index contributed by atoms with van der Waals surface area (Å²) >= 11 is 0. The summed E-state index contributed by atoms with van der Waals surface area (Å²) in [7, 11) is 1.77. The van der Waals surface area contributed by atoms with Gasteiger partial charge in [0.2, 0.25) is 11.8 Å². The number of amides is 2. The van der Waals surface area contributed by atoms with Crippen LogP contribution in [0.4, 0.5) is 0 Å². The summed E-state index contributed by atoms with van der Waals surface area (Å²) in [5.74, 6) is 0.138. The van der Waals surface area contributed by atoms with Crippen molar-refractivity contribution in [2.24, 2.45) is 11.1 Å². The van der Waals surface area contributed by atoms with Crippen LogP contribution in [-0.4, -0.2) is 42.4 Å². The minimum atomic E-state index is -0.108. The lowest BCUT2D eigenvalue weighted by Gasteiger charge is -2.30. The van der Waals surface area contributed by atoms with Gasteiger partial charge in [-0.15, -0.1) is 0 Å². The number of nitrogens with two attached hydrogens (primary N) is 1. The topological polar surface area (TPSA) is 75.4 Å². The zero-order valence-corrected chi connectivity index (χ0v) is 12.5. The van der Waals surface area contributed by atoms with Gasteiger partial charge < -0.3 is 16.0 Å².